The molecule has 0 fully saturated rings. The average Bonchev–Trinajstić information content (AvgIpc) is 2.92. The van der Waals surface area contributed by atoms with Gasteiger partial charge in [-0.25, -0.2) is 0 Å². The lowest BCUT2D eigenvalue weighted by Gasteiger charge is -2.08. The van der Waals surface area contributed by atoms with Crippen LogP contribution in [-0.4, -0.2) is 23.9 Å². The molecule has 1 aromatic carbocycles. The van der Waals surface area contributed by atoms with E-state index in [1.54, 1.807) is 25.1 Å². The van der Waals surface area contributed by atoms with Crippen molar-refractivity contribution in [2.24, 2.45) is 0 Å². The molecule has 1 amide bonds. The van der Waals surface area contributed by atoms with E-state index >= 15 is 0 Å². The topological polar surface area (TPSA) is 97.4 Å². The third-order valence-electron chi connectivity index (χ3n) is 3.18. The minimum absolute atomic E-state index is 0.0171. The molecule has 0 aliphatic rings. The number of nitrogens with one attached hydrogen (secondary N) is 2. The van der Waals surface area contributed by atoms with E-state index in [4.69, 9.17) is 4.42 Å². The van der Waals surface area contributed by atoms with Crippen LogP contribution in [0.1, 0.15) is 22.5 Å². The maximum atomic E-state index is 11.8. The zero-order valence-electron chi connectivity index (χ0n) is 12.5. The van der Waals surface area contributed by atoms with E-state index in [-0.39, 0.29) is 11.6 Å². The summed E-state index contributed by atoms with van der Waals surface area (Å²) in [6.07, 6.45) is 2.09. The minimum Gasteiger partial charge on any atom is -0.459 e. The van der Waals surface area contributed by atoms with Gasteiger partial charge in [-0.3, -0.25) is 14.9 Å². The molecular formula is C15H16BrN3O4. The second kappa shape index (κ2) is 7.77. The molecule has 0 spiro atoms. The van der Waals surface area contributed by atoms with Gasteiger partial charge in [0, 0.05) is 29.2 Å². The Balaban J connectivity index is 1.80. The molecule has 1 heterocycles. The molecule has 23 heavy (non-hydrogen) atoms. The number of anilines is 1. The van der Waals surface area contributed by atoms with Crippen LogP contribution in [0.2, 0.25) is 0 Å². The first-order valence-corrected chi connectivity index (χ1v) is 7.78. The van der Waals surface area contributed by atoms with Crippen molar-refractivity contribution < 1.29 is 14.1 Å². The maximum absolute atomic E-state index is 11.8. The molecule has 0 atom stereocenters. The molecule has 0 radical (unpaired) electrons. The predicted molar refractivity (Wildman–Crippen MR) is 89.7 cm³/mol. The van der Waals surface area contributed by atoms with Crippen molar-refractivity contribution in [2.45, 2.75) is 13.3 Å². The van der Waals surface area contributed by atoms with Crippen LogP contribution >= 0.6 is 15.9 Å². The van der Waals surface area contributed by atoms with Crippen molar-refractivity contribution in [3.05, 3.63) is 56.4 Å². The number of carbonyl (C=O) groups is 1. The molecule has 0 bridgehead atoms. The molecule has 0 unspecified atom stereocenters. The molecule has 122 valence electrons. The minimum atomic E-state index is -0.434. The Hall–Kier alpha value is -2.35. The number of rotatable bonds is 7. The maximum Gasteiger partial charge on any atom is 0.292 e. The number of benzene rings is 1. The number of nitrogens with zero attached hydrogens (tertiary/aromatic N) is 1. The van der Waals surface area contributed by atoms with Crippen molar-refractivity contribution in [1.29, 1.82) is 0 Å². The van der Waals surface area contributed by atoms with Gasteiger partial charge in [0.25, 0.3) is 11.6 Å². The normalized spacial score (nSPS) is 10.3. The fourth-order valence-corrected chi connectivity index (χ4v) is 2.37. The highest BCUT2D eigenvalue weighted by Gasteiger charge is 2.14. The molecule has 0 saturated heterocycles. The smallest absolute Gasteiger partial charge is 0.292 e. The quantitative estimate of drug-likeness (QED) is 0.434. The van der Waals surface area contributed by atoms with E-state index in [9.17, 15) is 14.9 Å². The number of hydrogen-bond acceptors (Lipinski definition) is 5. The van der Waals surface area contributed by atoms with E-state index in [1.807, 2.05) is 0 Å². The van der Waals surface area contributed by atoms with Crippen LogP contribution in [-0.2, 0) is 0 Å². The predicted octanol–water partition coefficient (Wildman–Crippen LogP) is 3.49. The third-order valence-corrected chi connectivity index (χ3v) is 3.67. The fraction of sp³-hybridized carbons (Fsp3) is 0.267. The molecule has 2 N–H and O–H groups in total. The summed E-state index contributed by atoms with van der Waals surface area (Å²) in [5.74, 6) is 0.0431. The van der Waals surface area contributed by atoms with Crippen molar-refractivity contribution >= 4 is 33.2 Å². The van der Waals surface area contributed by atoms with E-state index < -0.39 is 4.92 Å². The summed E-state index contributed by atoms with van der Waals surface area (Å²) in [6, 6.07) is 6.44. The Labute approximate surface area is 141 Å². The zero-order valence-corrected chi connectivity index (χ0v) is 14.1. The van der Waals surface area contributed by atoms with Gasteiger partial charge in [-0.1, -0.05) is 15.9 Å². The summed E-state index contributed by atoms with van der Waals surface area (Å²) >= 11 is 3.29. The molecule has 8 heteroatoms. The molecule has 2 rings (SSSR count). The van der Waals surface area contributed by atoms with Gasteiger partial charge in [-0.15, -0.1) is 0 Å². The monoisotopic (exact) mass is 381 g/mol. The number of carbonyl (C=O) groups excluding carboxylic acids is 1. The number of nitro groups is 1. The number of amides is 1. The van der Waals surface area contributed by atoms with Gasteiger partial charge in [0.15, 0.2) is 5.76 Å². The molecule has 2 aromatic rings. The molecule has 0 aliphatic heterocycles. The van der Waals surface area contributed by atoms with Gasteiger partial charge in [-0.05, 0) is 31.5 Å². The summed E-state index contributed by atoms with van der Waals surface area (Å²) < 4.78 is 5.86. The highest BCUT2D eigenvalue weighted by molar-refractivity contribution is 9.10. The fourth-order valence-electron chi connectivity index (χ4n) is 2.01. The first kappa shape index (κ1) is 17.0. The number of hydrogen-bond donors (Lipinski definition) is 2. The zero-order chi connectivity index (χ0) is 16.8. The number of nitro benzene ring substituents is 1. The summed E-state index contributed by atoms with van der Waals surface area (Å²) in [5, 5.41) is 16.7. The van der Waals surface area contributed by atoms with E-state index in [1.165, 1.54) is 12.3 Å². The van der Waals surface area contributed by atoms with E-state index in [2.05, 4.69) is 26.6 Å². The third kappa shape index (κ3) is 4.56. The number of aryl methyl sites for hydroxylation is 1. The lowest BCUT2D eigenvalue weighted by molar-refractivity contribution is -0.384. The van der Waals surface area contributed by atoms with Gasteiger partial charge in [-0.2, -0.15) is 0 Å². The highest BCUT2D eigenvalue weighted by Crippen LogP contribution is 2.27. The summed E-state index contributed by atoms with van der Waals surface area (Å²) in [7, 11) is 0. The first-order chi connectivity index (χ1) is 11.0. The Kier molecular flexibility index (Phi) is 5.75. The average molecular weight is 382 g/mol. The van der Waals surface area contributed by atoms with Crippen molar-refractivity contribution in [1.82, 2.24) is 5.32 Å². The van der Waals surface area contributed by atoms with Crippen LogP contribution in [0.5, 0.6) is 0 Å². The van der Waals surface area contributed by atoms with Crippen LogP contribution in [0, 0.1) is 17.0 Å². The standard InChI is InChI=1S/C15H16BrN3O4/c1-10-5-8-23-14(10)15(20)18-7-2-6-17-12-9-11(16)3-4-13(12)19(21)22/h3-5,8-9,17H,2,6-7H2,1H3,(H,18,20). The van der Waals surface area contributed by atoms with E-state index in [0.717, 1.165) is 10.0 Å². The summed E-state index contributed by atoms with van der Waals surface area (Å²) in [4.78, 5) is 22.4. The van der Waals surface area contributed by atoms with Gasteiger partial charge >= 0.3 is 0 Å². The number of furan rings is 1. The second-order valence-corrected chi connectivity index (χ2v) is 5.80. The molecule has 0 saturated carbocycles. The van der Waals surface area contributed by atoms with Crippen LogP contribution in [0.25, 0.3) is 0 Å². The summed E-state index contributed by atoms with van der Waals surface area (Å²) in [6.45, 7) is 2.73. The van der Waals surface area contributed by atoms with Gasteiger partial charge < -0.3 is 15.1 Å². The SMILES string of the molecule is Cc1ccoc1C(=O)NCCCNc1cc(Br)ccc1[N+](=O)[O-]. The highest BCUT2D eigenvalue weighted by atomic mass is 79.9. The molecule has 1 aromatic heterocycles. The molecular weight excluding hydrogens is 366 g/mol. The molecule has 0 aliphatic carbocycles. The van der Waals surface area contributed by atoms with Crippen LogP contribution in [0.4, 0.5) is 11.4 Å². The van der Waals surface area contributed by atoms with Crippen molar-refractivity contribution in [3.8, 4) is 0 Å². The van der Waals surface area contributed by atoms with Gasteiger partial charge in [0.05, 0.1) is 11.2 Å². The van der Waals surface area contributed by atoms with Gasteiger partial charge in [0.1, 0.15) is 5.69 Å². The Bertz CT molecular complexity index is 714. The second-order valence-electron chi connectivity index (χ2n) is 4.89. The van der Waals surface area contributed by atoms with E-state index in [0.29, 0.717) is 31.0 Å². The Morgan fingerprint density at radius 1 is 1.35 bits per heavy atom. The molecule has 7 nitrogen and oxygen atoms in total. The lowest BCUT2D eigenvalue weighted by atomic mass is 10.2. The van der Waals surface area contributed by atoms with Crippen LogP contribution in [0.3, 0.4) is 0 Å². The first-order valence-electron chi connectivity index (χ1n) is 6.99. The van der Waals surface area contributed by atoms with Crippen LogP contribution in [0.15, 0.2) is 39.4 Å². The van der Waals surface area contributed by atoms with Gasteiger partial charge in [0.2, 0.25) is 0 Å². The van der Waals surface area contributed by atoms with Crippen molar-refractivity contribution in [3.63, 3.8) is 0 Å². The Morgan fingerprint density at radius 2 is 2.13 bits per heavy atom. The van der Waals surface area contributed by atoms with Crippen LogP contribution < -0.4 is 10.6 Å². The lowest BCUT2D eigenvalue weighted by Crippen LogP contribution is -2.26. The largest absolute Gasteiger partial charge is 0.459 e. The number of halogens is 1. The summed E-state index contributed by atoms with van der Waals surface area (Å²) in [5.41, 5.74) is 1.24. The Morgan fingerprint density at radius 3 is 2.78 bits per heavy atom. The van der Waals surface area contributed by atoms with Crippen molar-refractivity contribution in [2.75, 3.05) is 18.4 Å².